The van der Waals surface area contributed by atoms with Crippen LogP contribution >= 0.6 is 15.9 Å². The van der Waals surface area contributed by atoms with E-state index in [4.69, 9.17) is 5.26 Å². The number of hydrogen-bond acceptors (Lipinski definition) is 1. The van der Waals surface area contributed by atoms with Crippen LogP contribution in [0.25, 0.3) is 0 Å². The first-order chi connectivity index (χ1) is 5.65. The Morgan fingerprint density at radius 2 is 2.17 bits per heavy atom. The number of nitriles is 1. The molecule has 12 heavy (non-hydrogen) atoms. The molecule has 1 nitrogen and oxygen atoms in total. The molecule has 62 valence electrons. The maximum atomic E-state index is 8.74. The lowest BCUT2D eigenvalue weighted by molar-refractivity contribution is 0.964. The summed E-state index contributed by atoms with van der Waals surface area (Å²) in [4.78, 5) is 0. The molecule has 1 rings (SSSR count). The minimum absolute atomic E-state index is 0.0255. The van der Waals surface area contributed by atoms with Gasteiger partial charge in [-0.05, 0) is 37.1 Å². The molecule has 0 aliphatic rings. The lowest BCUT2D eigenvalue weighted by Crippen LogP contribution is -1.92. The minimum Gasteiger partial charge on any atom is -0.198 e. The van der Waals surface area contributed by atoms with Gasteiger partial charge in [-0.1, -0.05) is 22.0 Å². The fourth-order valence-corrected chi connectivity index (χ4v) is 1.53. The topological polar surface area (TPSA) is 23.8 Å². The molecule has 0 amide bonds. The monoisotopic (exact) mass is 223 g/mol. The van der Waals surface area contributed by atoms with Crippen LogP contribution in [-0.2, 0) is 0 Å². The Balaban J connectivity index is 3.15. The lowest BCUT2D eigenvalue weighted by Gasteiger charge is -2.07. The zero-order chi connectivity index (χ0) is 9.14. The summed E-state index contributed by atoms with van der Waals surface area (Å²) in [6.45, 7) is 3.93. The van der Waals surface area contributed by atoms with Gasteiger partial charge in [-0.25, -0.2) is 0 Å². The summed E-state index contributed by atoms with van der Waals surface area (Å²) in [6, 6.07) is 8.24. The third-order valence-corrected chi connectivity index (χ3v) is 2.39. The van der Waals surface area contributed by atoms with E-state index in [0.29, 0.717) is 0 Å². The van der Waals surface area contributed by atoms with Gasteiger partial charge in [0.25, 0.3) is 0 Å². The van der Waals surface area contributed by atoms with Crippen molar-refractivity contribution in [3.63, 3.8) is 0 Å². The van der Waals surface area contributed by atoms with Crippen molar-refractivity contribution in [1.82, 2.24) is 0 Å². The molecule has 0 radical (unpaired) electrons. The second-order valence-electron chi connectivity index (χ2n) is 2.85. The van der Waals surface area contributed by atoms with E-state index in [2.05, 4.69) is 22.0 Å². The highest BCUT2D eigenvalue weighted by molar-refractivity contribution is 9.10. The van der Waals surface area contributed by atoms with Gasteiger partial charge in [0.05, 0.1) is 12.0 Å². The normalized spacial score (nSPS) is 12.2. The van der Waals surface area contributed by atoms with Crippen LogP contribution in [-0.4, -0.2) is 0 Å². The summed E-state index contributed by atoms with van der Waals surface area (Å²) in [5.74, 6) is -0.0255. The summed E-state index contributed by atoms with van der Waals surface area (Å²) in [6.07, 6.45) is 0. The first-order valence-corrected chi connectivity index (χ1v) is 4.60. The van der Waals surface area contributed by atoms with Crippen LogP contribution in [0.15, 0.2) is 22.7 Å². The molecule has 0 aromatic heterocycles. The van der Waals surface area contributed by atoms with Gasteiger partial charge >= 0.3 is 0 Å². The molecule has 1 aromatic rings. The molecule has 0 aliphatic heterocycles. The standard InChI is InChI=1S/C10H10BrN/c1-7-3-4-9(11)5-10(7)8(2)6-12/h3-5,8H,1-2H3. The van der Waals surface area contributed by atoms with E-state index in [-0.39, 0.29) is 5.92 Å². The molecular formula is C10H10BrN. The predicted octanol–water partition coefficient (Wildman–Crippen LogP) is 3.38. The predicted molar refractivity (Wildman–Crippen MR) is 52.9 cm³/mol. The van der Waals surface area contributed by atoms with E-state index in [9.17, 15) is 0 Å². The van der Waals surface area contributed by atoms with Crippen LogP contribution in [0.3, 0.4) is 0 Å². The van der Waals surface area contributed by atoms with E-state index in [1.165, 1.54) is 5.56 Å². The van der Waals surface area contributed by atoms with Gasteiger partial charge in [0.15, 0.2) is 0 Å². The lowest BCUT2D eigenvalue weighted by atomic mass is 9.98. The molecule has 0 saturated carbocycles. The smallest absolute Gasteiger partial charge is 0.0701 e. The van der Waals surface area contributed by atoms with Gasteiger partial charge in [0.1, 0.15) is 0 Å². The van der Waals surface area contributed by atoms with E-state index < -0.39 is 0 Å². The first-order valence-electron chi connectivity index (χ1n) is 3.81. The van der Waals surface area contributed by atoms with Gasteiger partial charge in [0.2, 0.25) is 0 Å². The van der Waals surface area contributed by atoms with Crippen LogP contribution in [0.4, 0.5) is 0 Å². The number of aryl methyl sites for hydroxylation is 1. The van der Waals surface area contributed by atoms with E-state index in [1.807, 2.05) is 32.0 Å². The molecule has 0 N–H and O–H groups in total. The van der Waals surface area contributed by atoms with Gasteiger partial charge in [-0.15, -0.1) is 0 Å². The molecule has 0 bridgehead atoms. The van der Waals surface area contributed by atoms with Crippen molar-refractivity contribution in [3.8, 4) is 6.07 Å². The molecular weight excluding hydrogens is 214 g/mol. The zero-order valence-corrected chi connectivity index (χ0v) is 8.72. The average molecular weight is 224 g/mol. The van der Waals surface area contributed by atoms with E-state index >= 15 is 0 Å². The molecule has 1 aromatic carbocycles. The summed E-state index contributed by atoms with van der Waals surface area (Å²) in [7, 11) is 0. The average Bonchev–Trinajstić information content (AvgIpc) is 2.08. The molecule has 0 heterocycles. The van der Waals surface area contributed by atoms with Gasteiger partial charge < -0.3 is 0 Å². The van der Waals surface area contributed by atoms with Crippen molar-refractivity contribution in [3.05, 3.63) is 33.8 Å². The molecule has 0 saturated heterocycles. The van der Waals surface area contributed by atoms with Crippen LogP contribution in [0.1, 0.15) is 24.0 Å². The summed E-state index contributed by atoms with van der Waals surface area (Å²) in [5, 5.41) is 8.74. The van der Waals surface area contributed by atoms with Crippen LogP contribution in [0.2, 0.25) is 0 Å². The fourth-order valence-electron chi connectivity index (χ4n) is 1.15. The van der Waals surface area contributed by atoms with E-state index in [0.717, 1.165) is 10.0 Å². The maximum Gasteiger partial charge on any atom is 0.0701 e. The first kappa shape index (κ1) is 9.28. The Hall–Kier alpha value is -0.810. The minimum atomic E-state index is -0.0255. The third kappa shape index (κ3) is 1.86. The molecule has 1 unspecified atom stereocenters. The van der Waals surface area contributed by atoms with Gasteiger partial charge in [0, 0.05) is 4.47 Å². The molecule has 2 heteroatoms. The van der Waals surface area contributed by atoms with Crippen molar-refractivity contribution in [1.29, 1.82) is 5.26 Å². The summed E-state index contributed by atoms with van der Waals surface area (Å²) in [5.41, 5.74) is 2.28. The number of rotatable bonds is 1. The number of nitrogens with zero attached hydrogens (tertiary/aromatic N) is 1. The van der Waals surface area contributed by atoms with Crippen LogP contribution in [0.5, 0.6) is 0 Å². The van der Waals surface area contributed by atoms with Crippen molar-refractivity contribution in [2.24, 2.45) is 0 Å². The SMILES string of the molecule is Cc1ccc(Br)cc1C(C)C#N. The van der Waals surface area contributed by atoms with Crippen molar-refractivity contribution in [2.45, 2.75) is 19.8 Å². The highest BCUT2D eigenvalue weighted by Crippen LogP contribution is 2.22. The zero-order valence-electron chi connectivity index (χ0n) is 7.13. The van der Waals surface area contributed by atoms with E-state index in [1.54, 1.807) is 0 Å². The second-order valence-corrected chi connectivity index (χ2v) is 3.77. The highest BCUT2D eigenvalue weighted by atomic mass is 79.9. The molecule has 0 fully saturated rings. The Morgan fingerprint density at radius 1 is 1.50 bits per heavy atom. The Labute approximate surface area is 81.2 Å². The van der Waals surface area contributed by atoms with Crippen molar-refractivity contribution in [2.75, 3.05) is 0 Å². The Morgan fingerprint density at radius 3 is 2.75 bits per heavy atom. The molecule has 1 atom stereocenters. The Kier molecular flexibility index (Phi) is 2.88. The molecule has 0 aliphatic carbocycles. The second kappa shape index (κ2) is 3.73. The summed E-state index contributed by atoms with van der Waals surface area (Å²) < 4.78 is 1.03. The van der Waals surface area contributed by atoms with Crippen LogP contribution < -0.4 is 0 Å². The number of halogens is 1. The number of hydrogen-bond donors (Lipinski definition) is 0. The van der Waals surface area contributed by atoms with Gasteiger partial charge in [-0.2, -0.15) is 5.26 Å². The largest absolute Gasteiger partial charge is 0.198 e. The van der Waals surface area contributed by atoms with Crippen molar-refractivity contribution < 1.29 is 0 Å². The molecule has 0 spiro atoms. The Bertz CT molecular complexity index is 325. The quantitative estimate of drug-likeness (QED) is 0.717. The van der Waals surface area contributed by atoms with Gasteiger partial charge in [-0.3, -0.25) is 0 Å². The summed E-state index contributed by atoms with van der Waals surface area (Å²) >= 11 is 3.38. The maximum absolute atomic E-state index is 8.74. The number of benzene rings is 1. The van der Waals surface area contributed by atoms with Crippen LogP contribution in [0, 0.1) is 18.3 Å². The third-order valence-electron chi connectivity index (χ3n) is 1.90. The highest BCUT2D eigenvalue weighted by Gasteiger charge is 2.06. The fraction of sp³-hybridized carbons (Fsp3) is 0.300. The van der Waals surface area contributed by atoms with Crippen molar-refractivity contribution >= 4 is 15.9 Å².